The van der Waals surface area contributed by atoms with E-state index in [1.165, 1.54) is 12.1 Å². The van der Waals surface area contributed by atoms with Crippen molar-refractivity contribution in [3.63, 3.8) is 0 Å². The second kappa shape index (κ2) is 5.09. The molecule has 0 bridgehead atoms. The van der Waals surface area contributed by atoms with E-state index in [0.717, 1.165) is 11.9 Å². The molecule has 1 aromatic heterocycles. The van der Waals surface area contributed by atoms with Crippen LogP contribution in [0.5, 0.6) is 0 Å². The summed E-state index contributed by atoms with van der Waals surface area (Å²) in [6.07, 6.45) is 3.50. The Morgan fingerprint density at radius 1 is 1.53 bits per heavy atom. The Balaban J connectivity index is 2.22. The first-order chi connectivity index (χ1) is 8.99. The summed E-state index contributed by atoms with van der Waals surface area (Å²) in [5.74, 6) is -1.23. The van der Waals surface area contributed by atoms with E-state index < -0.39 is 11.8 Å². The fraction of sp³-hybridized carbons (Fsp3) is 0.231. The van der Waals surface area contributed by atoms with Gasteiger partial charge in [-0.05, 0) is 25.1 Å². The lowest BCUT2D eigenvalue weighted by Crippen LogP contribution is -2.12. The third-order valence-corrected chi connectivity index (χ3v) is 2.83. The van der Waals surface area contributed by atoms with Gasteiger partial charge in [0.25, 0.3) is 0 Å². The van der Waals surface area contributed by atoms with Gasteiger partial charge >= 0.3 is 5.97 Å². The third-order valence-electron chi connectivity index (χ3n) is 2.83. The molecule has 1 unspecified atom stereocenters. The van der Waals surface area contributed by atoms with E-state index in [4.69, 9.17) is 5.11 Å². The molecule has 100 valence electrons. The molecule has 0 amide bonds. The number of carboxylic acids is 1. The number of carboxylic acid groups (broad SMARTS) is 1. The van der Waals surface area contributed by atoms with Crippen LogP contribution in [0.25, 0.3) is 0 Å². The number of hydrogen-bond acceptors (Lipinski definition) is 3. The molecule has 0 fully saturated rings. The first kappa shape index (κ1) is 13.1. The molecule has 0 saturated carbocycles. The number of rotatable bonds is 4. The molecule has 0 saturated heterocycles. The van der Waals surface area contributed by atoms with Crippen molar-refractivity contribution in [1.29, 1.82) is 0 Å². The molecule has 1 heterocycles. The largest absolute Gasteiger partial charge is 0.478 e. The highest BCUT2D eigenvalue weighted by Crippen LogP contribution is 2.20. The minimum Gasteiger partial charge on any atom is -0.478 e. The average molecular weight is 263 g/mol. The van der Waals surface area contributed by atoms with Crippen molar-refractivity contribution in [2.45, 2.75) is 13.0 Å². The minimum absolute atomic E-state index is 0.118. The molecule has 1 atom stereocenters. The fourth-order valence-corrected chi connectivity index (χ4v) is 1.89. The van der Waals surface area contributed by atoms with Gasteiger partial charge in [0, 0.05) is 25.1 Å². The van der Waals surface area contributed by atoms with Gasteiger partial charge in [0.2, 0.25) is 0 Å². The van der Waals surface area contributed by atoms with Crippen molar-refractivity contribution in [3.05, 3.63) is 47.8 Å². The van der Waals surface area contributed by atoms with Gasteiger partial charge in [-0.1, -0.05) is 0 Å². The van der Waals surface area contributed by atoms with E-state index in [0.29, 0.717) is 5.69 Å². The van der Waals surface area contributed by atoms with Crippen LogP contribution in [0.3, 0.4) is 0 Å². The number of aromatic carboxylic acids is 1. The lowest BCUT2D eigenvalue weighted by Gasteiger charge is -2.15. The molecule has 0 aliphatic heterocycles. The molecule has 0 aliphatic rings. The van der Waals surface area contributed by atoms with Crippen LogP contribution in [0.4, 0.5) is 10.1 Å². The lowest BCUT2D eigenvalue weighted by atomic mass is 10.1. The molecule has 0 radical (unpaired) electrons. The predicted molar refractivity (Wildman–Crippen MR) is 68.6 cm³/mol. The molecular formula is C13H14FN3O2. The van der Waals surface area contributed by atoms with Crippen LogP contribution >= 0.6 is 0 Å². The SMILES string of the molecule is CC(Nc1ccc(F)c(C(=O)O)c1)c1nccn1C. The van der Waals surface area contributed by atoms with E-state index in [1.54, 1.807) is 6.20 Å². The first-order valence-electron chi connectivity index (χ1n) is 5.75. The minimum atomic E-state index is -1.29. The number of hydrogen-bond donors (Lipinski definition) is 2. The van der Waals surface area contributed by atoms with Crippen molar-refractivity contribution in [3.8, 4) is 0 Å². The molecule has 2 N–H and O–H groups in total. The van der Waals surface area contributed by atoms with Gasteiger partial charge in [0.05, 0.1) is 11.6 Å². The second-order valence-electron chi connectivity index (χ2n) is 4.26. The van der Waals surface area contributed by atoms with Gasteiger partial charge in [0.15, 0.2) is 0 Å². The Bertz CT molecular complexity index is 610. The zero-order chi connectivity index (χ0) is 14.0. The molecule has 5 nitrogen and oxygen atoms in total. The summed E-state index contributed by atoms with van der Waals surface area (Å²) < 4.78 is 15.1. The summed E-state index contributed by atoms with van der Waals surface area (Å²) in [5, 5.41) is 12.0. The second-order valence-corrected chi connectivity index (χ2v) is 4.26. The van der Waals surface area contributed by atoms with Gasteiger partial charge in [0.1, 0.15) is 11.6 Å². The highest BCUT2D eigenvalue weighted by Gasteiger charge is 2.14. The maximum Gasteiger partial charge on any atom is 0.338 e. The Morgan fingerprint density at radius 3 is 2.84 bits per heavy atom. The average Bonchev–Trinajstić information content (AvgIpc) is 2.77. The van der Waals surface area contributed by atoms with Gasteiger partial charge in [-0.25, -0.2) is 14.2 Å². The number of aromatic nitrogens is 2. The van der Waals surface area contributed by atoms with Gasteiger partial charge in [-0.2, -0.15) is 0 Å². The Morgan fingerprint density at radius 2 is 2.26 bits per heavy atom. The summed E-state index contributed by atoms with van der Waals surface area (Å²) in [4.78, 5) is 15.1. The van der Waals surface area contributed by atoms with Crippen molar-refractivity contribution < 1.29 is 14.3 Å². The summed E-state index contributed by atoms with van der Waals surface area (Å²) in [6.45, 7) is 1.89. The fourth-order valence-electron chi connectivity index (χ4n) is 1.89. The van der Waals surface area contributed by atoms with Crippen LogP contribution in [0.1, 0.15) is 29.1 Å². The number of nitrogens with zero attached hydrogens (tertiary/aromatic N) is 2. The van der Waals surface area contributed by atoms with Gasteiger partial charge in [-0.15, -0.1) is 0 Å². The first-order valence-corrected chi connectivity index (χ1v) is 5.75. The Kier molecular flexibility index (Phi) is 3.50. The Hall–Kier alpha value is -2.37. The van der Waals surface area contributed by atoms with E-state index in [-0.39, 0.29) is 11.6 Å². The van der Waals surface area contributed by atoms with Crippen molar-refractivity contribution in [2.75, 3.05) is 5.32 Å². The molecule has 19 heavy (non-hydrogen) atoms. The van der Waals surface area contributed by atoms with Crippen LogP contribution in [0, 0.1) is 5.82 Å². The van der Waals surface area contributed by atoms with E-state index >= 15 is 0 Å². The van der Waals surface area contributed by atoms with Crippen LogP contribution < -0.4 is 5.32 Å². The zero-order valence-electron chi connectivity index (χ0n) is 10.6. The highest BCUT2D eigenvalue weighted by atomic mass is 19.1. The van der Waals surface area contributed by atoms with E-state index in [2.05, 4.69) is 10.3 Å². The topological polar surface area (TPSA) is 67.2 Å². The summed E-state index contributed by atoms with van der Waals surface area (Å²) >= 11 is 0. The number of nitrogens with one attached hydrogen (secondary N) is 1. The molecule has 2 aromatic rings. The van der Waals surface area contributed by atoms with E-state index in [1.807, 2.05) is 24.7 Å². The standard InChI is InChI=1S/C13H14FN3O2/c1-8(12-15-5-6-17(12)2)16-9-3-4-11(14)10(7-9)13(18)19/h3-8,16H,1-2H3,(H,18,19). The van der Waals surface area contributed by atoms with Crippen molar-refractivity contribution in [2.24, 2.45) is 7.05 Å². The lowest BCUT2D eigenvalue weighted by molar-refractivity contribution is 0.0692. The number of aryl methyl sites for hydroxylation is 1. The maximum atomic E-state index is 13.3. The van der Waals surface area contributed by atoms with Crippen LogP contribution in [0.2, 0.25) is 0 Å². The van der Waals surface area contributed by atoms with Crippen molar-refractivity contribution >= 4 is 11.7 Å². The molecule has 2 rings (SSSR count). The summed E-state index contributed by atoms with van der Waals surface area (Å²) in [6, 6.07) is 3.79. The van der Waals surface area contributed by atoms with E-state index in [9.17, 15) is 9.18 Å². The smallest absolute Gasteiger partial charge is 0.338 e. The maximum absolute atomic E-state index is 13.3. The highest BCUT2D eigenvalue weighted by molar-refractivity contribution is 5.89. The van der Waals surface area contributed by atoms with Crippen molar-refractivity contribution in [1.82, 2.24) is 9.55 Å². The molecule has 0 aliphatic carbocycles. The molecule has 0 spiro atoms. The third kappa shape index (κ3) is 2.73. The molecular weight excluding hydrogens is 249 g/mol. The quantitative estimate of drug-likeness (QED) is 0.889. The molecule has 6 heteroatoms. The van der Waals surface area contributed by atoms with Gasteiger partial charge in [-0.3, -0.25) is 0 Å². The molecule has 1 aromatic carbocycles. The van der Waals surface area contributed by atoms with Gasteiger partial charge < -0.3 is 15.0 Å². The van der Waals surface area contributed by atoms with Crippen LogP contribution in [0.15, 0.2) is 30.6 Å². The monoisotopic (exact) mass is 263 g/mol. The number of benzene rings is 1. The number of imidazole rings is 1. The summed E-state index contributed by atoms with van der Waals surface area (Å²) in [5.41, 5.74) is 0.186. The summed E-state index contributed by atoms with van der Waals surface area (Å²) in [7, 11) is 1.87. The predicted octanol–water partition coefficient (Wildman–Crippen LogP) is 2.43. The number of carbonyl (C=O) groups is 1. The number of anilines is 1. The van der Waals surface area contributed by atoms with Crippen LogP contribution in [-0.4, -0.2) is 20.6 Å². The van der Waals surface area contributed by atoms with Crippen LogP contribution in [-0.2, 0) is 7.05 Å². The zero-order valence-corrected chi connectivity index (χ0v) is 10.6. The normalized spacial score (nSPS) is 12.2. The Labute approximate surface area is 109 Å². The number of halogens is 1.